The summed E-state index contributed by atoms with van der Waals surface area (Å²) in [7, 11) is 0. The second kappa shape index (κ2) is 4.06. The van der Waals surface area contributed by atoms with Gasteiger partial charge in [0, 0.05) is 18.3 Å². The van der Waals surface area contributed by atoms with Crippen molar-refractivity contribution in [3.05, 3.63) is 29.8 Å². The Balaban J connectivity index is 1.65. The third kappa shape index (κ3) is 2.02. The van der Waals surface area contributed by atoms with Gasteiger partial charge in [0.1, 0.15) is 0 Å². The lowest BCUT2D eigenvalue weighted by Crippen LogP contribution is -2.38. The number of carbonyl (C=O) groups excluding carboxylic acids is 1. The molecule has 2 N–H and O–H groups in total. The summed E-state index contributed by atoms with van der Waals surface area (Å²) in [5.74, 6) is 1.05. The number of likely N-dealkylation sites (tertiary alicyclic amines) is 1. The lowest BCUT2D eigenvalue weighted by molar-refractivity contribution is -0.132. The van der Waals surface area contributed by atoms with Gasteiger partial charge >= 0.3 is 0 Å². The van der Waals surface area contributed by atoms with E-state index in [9.17, 15) is 4.79 Å². The third-order valence-corrected chi connectivity index (χ3v) is 4.06. The number of nitrogen functional groups attached to an aromatic ring is 1. The Morgan fingerprint density at radius 1 is 1.29 bits per heavy atom. The first-order valence-electron chi connectivity index (χ1n) is 6.36. The third-order valence-electron chi connectivity index (χ3n) is 4.06. The van der Waals surface area contributed by atoms with Crippen LogP contribution in [0.5, 0.6) is 0 Å². The van der Waals surface area contributed by atoms with E-state index in [4.69, 9.17) is 5.73 Å². The molecule has 1 amide bonds. The molecule has 0 spiro atoms. The largest absolute Gasteiger partial charge is 0.399 e. The number of carbonyl (C=O) groups is 1. The SMILES string of the molecule is Nc1ccc(CC(=O)N2CC3CCC2C3)cc1. The normalized spacial score (nSPS) is 26.5. The van der Waals surface area contributed by atoms with Crippen molar-refractivity contribution < 1.29 is 4.79 Å². The summed E-state index contributed by atoms with van der Waals surface area (Å²) >= 11 is 0. The summed E-state index contributed by atoms with van der Waals surface area (Å²) in [6, 6.07) is 8.14. The zero-order chi connectivity index (χ0) is 11.8. The van der Waals surface area contributed by atoms with Gasteiger partial charge in [-0.2, -0.15) is 0 Å². The molecule has 2 bridgehead atoms. The van der Waals surface area contributed by atoms with Crippen molar-refractivity contribution in [2.45, 2.75) is 31.7 Å². The van der Waals surface area contributed by atoms with Gasteiger partial charge in [0.05, 0.1) is 6.42 Å². The van der Waals surface area contributed by atoms with Crippen molar-refractivity contribution in [3.8, 4) is 0 Å². The van der Waals surface area contributed by atoms with Gasteiger partial charge in [-0.15, -0.1) is 0 Å². The van der Waals surface area contributed by atoms with Crippen LogP contribution in [0.25, 0.3) is 0 Å². The number of rotatable bonds is 2. The Kier molecular flexibility index (Phi) is 2.54. The number of benzene rings is 1. The van der Waals surface area contributed by atoms with E-state index >= 15 is 0 Å². The summed E-state index contributed by atoms with van der Waals surface area (Å²) < 4.78 is 0. The van der Waals surface area contributed by atoms with Crippen molar-refractivity contribution in [1.29, 1.82) is 0 Å². The van der Waals surface area contributed by atoms with Crippen LogP contribution in [0, 0.1) is 5.92 Å². The van der Waals surface area contributed by atoms with E-state index in [0.29, 0.717) is 12.5 Å². The van der Waals surface area contributed by atoms with Crippen LogP contribution in [0.2, 0.25) is 0 Å². The fraction of sp³-hybridized carbons (Fsp3) is 0.500. The molecule has 2 fully saturated rings. The Morgan fingerprint density at radius 2 is 2.06 bits per heavy atom. The van der Waals surface area contributed by atoms with E-state index in [2.05, 4.69) is 4.90 Å². The Labute approximate surface area is 102 Å². The summed E-state index contributed by atoms with van der Waals surface area (Å²) in [5.41, 5.74) is 7.45. The number of amides is 1. The Bertz CT molecular complexity index is 426. The molecule has 3 rings (SSSR count). The van der Waals surface area contributed by atoms with Crippen LogP contribution in [0.1, 0.15) is 24.8 Å². The lowest BCUT2D eigenvalue weighted by atomic mass is 10.1. The highest BCUT2D eigenvalue weighted by atomic mass is 16.2. The molecule has 1 saturated heterocycles. The van der Waals surface area contributed by atoms with Crippen LogP contribution in [0.4, 0.5) is 5.69 Å². The summed E-state index contributed by atoms with van der Waals surface area (Å²) in [6.45, 7) is 0.985. The van der Waals surface area contributed by atoms with Gasteiger partial charge in [0.25, 0.3) is 0 Å². The van der Waals surface area contributed by atoms with Crippen LogP contribution in [-0.4, -0.2) is 23.4 Å². The molecule has 1 aliphatic carbocycles. The van der Waals surface area contributed by atoms with Gasteiger partial charge in [-0.3, -0.25) is 4.79 Å². The van der Waals surface area contributed by atoms with Gasteiger partial charge < -0.3 is 10.6 Å². The number of fused-ring (bicyclic) bond motifs is 2. The molecule has 17 heavy (non-hydrogen) atoms. The molecule has 1 aliphatic heterocycles. The predicted octanol–water partition coefficient (Wildman–Crippen LogP) is 1.82. The predicted molar refractivity (Wildman–Crippen MR) is 67.4 cm³/mol. The van der Waals surface area contributed by atoms with Crippen LogP contribution < -0.4 is 5.73 Å². The second-order valence-electron chi connectivity index (χ2n) is 5.30. The van der Waals surface area contributed by atoms with Crippen LogP contribution >= 0.6 is 0 Å². The maximum absolute atomic E-state index is 12.2. The van der Waals surface area contributed by atoms with E-state index in [1.165, 1.54) is 19.3 Å². The van der Waals surface area contributed by atoms with E-state index in [-0.39, 0.29) is 5.91 Å². The van der Waals surface area contributed by atoms with Gasteiger partial charge in [-0.25, -0.2) is 0 Å². The van der Waals surface area contributed by atoms with Crippen LogP contribution in [0.15, 0.2) is 24.3 Å². The highest BCUT2D eigenvalue weighted by molar-refractivity contribution is 5.79. The topological polar surface area (TPSA) is 46.3 Å². The summed E-state index contributed by atoms with van der Waals surface area (Å²) in [5, 5.41) is 0. The minimum Gasteiger partial charge on any atom is -0.399 e. The molecular weight excluding hydrogens is 212 g/mol. The maximum atomic E-state index is 12.2. The lowest BCUT2D eigenvalue weighted by Gasteiger charge is -2.27. The summed E-state index contributed by atoms with van der Waals surface area (Å²) in [6.07, 6.45) is 4.27. The molecular formula is C14H18N2O. The van der Waals surface area contributed by atoms with Gasteiger partial charge in [0.2, 0.25) is 5.91 Å². The quantitative estimate of drug-likeness (QED) is 0.788. The molecule has 1 aromatic rings. The zero-order valence-electron chi connectivity index (χ0n) is 9.93. The fourth-order valence-electron chi connectivity index (χ4n) is 3.14. The standard InChI is InChI=1S/C14H18N2O/c15-12-4-1-10(2-5-12)8-14(17)16-9-11-3-6-13(16)7-11/h1-2,4-5,11,13H,3,6-9,15H2. The zero-order valence-corrected chi connectivity index (χ0v) is 9.93. The molecule has 0 radical (unpaired) electrons. The average Bonchev–Trinajstić information content (AvgIpc) is 2.94. The first kappa shape index (κ1) is 10.6. The van der Waals surface area contributed by atoms with E-state index in [1.54, 1.807) is 0 Å². The molecule has 1 heterocycles. The average molecular weight is 230 g/mol. The number of hydrogen-bond donors (Lipinski definition) is 1. The highest BCUT2D eigenvalue weighted by Crippen LogP contribution is 2.37. The highest BCUT2D eigenvalue weighted by Gasteiger charge is 2.39. The molecule has 2 aliphatic rings. The molecule has 3 nitrogen and oxygen atoms in total. The van der Waals surface area contributed by atoms with E-state index in [1.807, 2.05) is 24.3 Å². The molecule has 2 unspecified atom stereocenters. The van der Waals surface area contributed by atoms with Crippen LogP contribution in [-0.2, 0) is 11.2 Å². The minimum atomic E-state index is 0.280. The second-order valence-corrected chi connectivity index (χ2v) is 5.30. The number of nitrogens with zero attached hydrogens (tertiary/aromatic N) is 1. The van der Waals surface area contributed by atoms with Crippen molar-refractivity contribution >= 4 is 11.6 Å². The van der Waals surface area contributed by atoms with Gasteiger partial charge in [0.15, 0.2) is 0 Å². The van der Waals surface area contributed by atoms with Crippen molar-refractivity contribution in [2.24, 2.45) is 5.92 Å². The fourth-order valence-corrected chi connectivity index (χ4v) is 3.14. The first-order chi connectivity index (χ1) is 8.22. The molecule has 2 atom stereocenters. The molecule has 3 heteroatoms. The van der Waals surface area contributed by atoms with Gasteiger partial charge in [-0.1, -0.05) is 12.1 Å². The summed E-state index contributed by atoms with van der Waals surface area (Å²) in [4.78, 5) is 14.3. The monoisotopic (exact) mass is 230 g/mol. The first-order valence-corrected chi connectivity index (χ1v) is 6.36. The molecule has 0 aromatic heterocycles. The minimum absolute atomic E-state index is 0.280. The number of anilines is 1. The Hall–Kier alpha value is -1.51. The number of nitrogens with two attached hydrogens (primary N) is 1. The smallest absolute Gasteiger partial charge is 0.227 e. The van der Waals surface area contributed by atoms with Crippen molar-refractivity contribution in [1.82, 2.24) is 4.90 Å². The van der Waals surface area contributed by atoms with E-state index < -0.39 is 0 Å². The van der Waals surface area contributed by atoms with Gasteiger partial charge in [-0.05, 0) is 42.9 Å². The van der Waals surface area contributed by atoms with Crippen molar-refractivity contribution in [3.63, 3.8) is 0 Å². The maximum Gasteiger partial charge on any atom is 0.227 e. The molecule has 1 saturated carbocycles. The number of piperidine rings is 1. The number of hydrogen-bond acceptors (Lipinski definition) is 2. The Morgan fingerprint density at radius 3 is 2.65 bits per heavy atom. The van der Waals surface area contributed by atoms with Crippen molar-refractivity contribution in [2.75, 3.05) is 12.3 Å². The molecule has 1 aromatic carbocycles. The van der Waals surface area contributed by atoms with E-state index in [0.717, 1.165) is 23.7 Å². The molecule has 90 valence electrons. The van der Waals surface area contributed by atoms with Crippen LogP contribution in [0.3, 0.4) is 0 Å².